The number of aromatic nitrogens is 2. The molecule has 2 rings (SSSR count). The first-order chi connectivity index (χ1) is 9.93. The number of benzene rings is 1. The Balaban J connectivity index is 0.00000242. The quantitative estimate of drug-likeness (QED) is 0.907. The molecule has 2 aromatic rings. The molecule has 1 heterocycles. The summed E-state index contributed by atoms with van der Waals surface area (Å²) in [4.78, 5) is 22.7. The number of rotatable bonds is 4. The second-order valence-electron chi connectivity index (χ2n) is 5.05. The van der Waals surface area contributed by atoms with Gasteiger partial charge in [0.15, 0.2) is 0 Å². The van der Waals surface area contributed by atoms with E-state index in [4.69, 9.17) is 0 Å². The highest BCUT2D eigenvalue weighted by atomic mass is 35.5. The van der Waals surface area contributed by atoms with Crippen LogP contribution in [0.3, 0.4) is 0 Å². The molecule has 1 aromatic carbocycles. The van der Waals surface area contributed by atoms with Crippen molar-refractivity contribution in [3.63, 3.8) is 0 Å². The van der Waals surface area contributed by atoms with Gasteiger partial charge in [0.25, 0.3) is 5.91 Å². The molecule has 1 amide bonds. The van der Waals surface area contributed by atoms with E-state index in [1.54, 1.807) is 11.9 Å². The molecule has 1 aromatic heterocycles. The number of hydrogen-bond acceptors (Lipinski definition) is 4. The third-order valence-electron chi connectivity index (χ3n) is 3.42. The third-order valence-corrected chi connectivity index (χ3v) is 3.42. The van der Waals surface area contributed by atoms with Gasteiger partial charge in [0.1, 0.15) is 11.3 Å². The number of nitrogens with zero attached hydrogens (tertiary/aromatic N) is 3. The molecular weight excluding hydrogens is 342 g/mol. The Morgan fingerprint density at radius 2 is 1.83 bits per heavy atom. The van der Waals surface area contributed by atoms with Crippen LogP contribution in [0, 0.1) is 19.7 Å². The lowest BCUT2D eigenvalue weighted by atomic mass is 10.1. The van der Waals surface area contributed by atoms with Gasteiger partial charge in [0.2, 0.25) is 0 Å². The first-order valence-corrected chi connectivity index (χ1v) is 6.78. The van der Waals surface area contributed by atoms with Crippen LogP contribution in [0.25, 0.3) is 11.0 Å². The Labute approximate surface area is 147 Å². The molecule has 0 bridgehead atoms. The average molecular weight is 363 g/mol. The first kappa shape index (κ1) is 21.5. The summed E-state index contributed by atoms with van der Waals surface area (Å²) in [5.41, 5.74) is 2.57. The topological polar surface area (TPSA) is 58.1 Å². The minimum Gasteiger partial charge on any atom is -0.340 e. The predicted octanol–water partition coefficient (Wildman–Crippen LogP) is 2.52. The van der Waals surface area contributed by atoms with E-state index >= 15 is 0 Å². The monoisotopic (exact) mass is 362 g/mol. The van der Waals surface area contributed by atoms with Crippen LogP contribution in [0.2, 0.25) is 0 Å². The summed E-state index contributed by atoms with van der Waals surface area (Å²) in [5.74, 6) is -0.738. The molecule has 0 aliphatic carbocycles. The van der Waals surface area contributed by atoms with E-state index in [0.717, 1.165) is 11.4 Å². The van der Waals surface area contributed by atoms with Crippen molar-refractivity contribution < 1.29 is 9.18 Å². The number of nitrogens with one attached hydrogen (secondary N) is 1. The summed E-state index contributed by atoms with van der Waals surface area (Å²) >= 11 is 0. The van der Waals surface area contributed by atoms with E-state index in [-0.39, 0.29) is 36.3 Å². The number of hydrogen-bond donors (Lipinski definition) is 1. The van der Waals surface area contributed by atoms with Crippen LogP contribution in [-0.2, 0) is 0 Å². The van der Waals surface area contributed by atoms with Crippen LogP contribution in [-0.4, -0.2) is 48.0 Å². The summed E-state index contributed by atoms with van der Waals surface area (Å²) in [5, 5.41) is 2.97. The van der Waals surface area contributed by atoms with Gasteiger partial charge in [-0.15, -0.1) is 24.8 Å². The van der Waals surface area contributed by atoms with Crippen molar-refractivity contribution in [2.45, 2.75) is 13.8 Å². The molecule has 1 N–H and O–H groups in total. The van der Waals surface area contributed by atoms with Gasteiger partial charge in [-0.2, -0.15) is 0 Å². The van der Waals surface area contributed by atoms with Crippen molar-refractivity contribution in [1.82, 2.24) is 20.2 Å². The van der Waals surface area contributed by atoms with E-state index in [0.29, 0.717) is 24.1 Å². The molecule has 8 heteroatoms. The molecular formula is C15H21Cl2FN4O. The molecule has 0 fully saturated rings. The average Bonchev–Trinajstić information content (AvgIpc) is 2.45. The molecule has 0 atom stereocenters. The molecule has 0 aliphatic rings. The molecule has 23 heavy (non-hydrogen) atoms. The van der Waals surface area contributed by atoms with Gasteiger partial charge in [-0.05, 0) is 27.0 Å². The van der Waals surface area contributed by atoms with Crippen molar-refractivity contribution in [2.75, 3.05) is 27.2 Å². The van der Waals surface area contributed by atoms with Gasteiger partial charge >= 0.3 is 0 Å². The highest BCUT2D eigenvalue weighted by Crippen LogP contribution is 2.20. The van der Waals surface area contributed by atoms with Crippen LogP contribution in [0.1, 0.15) is 21.7 Å². The maximum absolute atomic E-state index is 13.8. The summed E-state index contributed by atoms with van der Waals surface area (Å²) in [6.07, 6.45) is 0. The van der Waals surface area contributed by atoms with E-state index in [1.165, 1.54) is 12.1 Å². The molecule has 0 spiro atoms. The predicted molar refractivity (Wildman–Crippen MR) is 94.4 cm³/mol. The highest BCUT2D eigenvalue weighted by molar-refractivity contribution is 6.04. The lowest BCUT2D eigenvalue weighted by Crippen LogP contribution is -2.33. The van der Waals surface area contributed by atoms with Gasteiger partial charge in [0, 0.05) is 26.2 Å². The third kappa shape index (κ3) is 4.73. The molecule has 0 radical (unpaired) electrons. The van der Waals surface area contributed by atoms with Crippen LogP contribution in [0.5, 0.6) is 0 Å². The summed E-state index contributed by atoms with van der Waals surface area (Å²) < 4.78 is 13.8. The minimum absolute atomic E-state index is 0. The van der Waals surface area contributed by atoms with Gasteiger partial charge in [-0.25, -0.2) is 14.4 Å². The van der Waals surface area contributed by atoms with Crippen LogP contribution in [0.4, 0.5) is 4.39 Å². The first-order valence-electron chi connectivity index (χ1n) is 6.78. The maximum Gasteiger partial charge on any atom is 0.256 e. The molecule has 0 saturated carbocycles. The van der Waals surface area contributed by atoms with Crippen LogP contribution < -0.4 is 5.32 Å². The van der Waals surface area contributed by atoms with Crippen molar-refractivity contribution in [2.24, 2.45) is 0 Å². The highest BCUT2D eigenvalue weighted by Gasteiger charge is 2.18. The maximum atomic E-state index is 13.8. The van der Waals surface area contributed by atoms with Crippen molar-refractivity contribution in [3.05, 3.63) is 34.9 Å². The fraction of sp³-hybridized carbons (Fsp3) is 0.400. The standard InChI is InChI=1S/C15H19FN4O.2ClH/c1-9-10(2)19-14-12(7-11(16)8-13(14)18-9)15(21)20(4)6-5-17-3;;/h7-8,17H,5-6H2,1-4H3;2*1H. The number of carbonyl (C=O) groups is 1. The lowest BCUT2D eigenvalue weighted by molar-refractivity contribution is 0.0798. The Kier molecular flexibility index (Phi) is 8.37. The van der Waals surface area contributed by atoms with E-state index in [2.05, 4.69) is 15.3 Å². The largest absolute Gasteiger partial charge is 0.340 e. The van der Waals surface area contributed by atoms with Gasteiger partial charge in [-0.3, -0.25) is 4.79 Å². The second kappa shape index (κ2) is 8.96. The Hall–Kier alpha value is -1.50. The van der Waals surface area contributed by atoms with E-state index in [9.17, 15) is 9.18 Å². The normalized spacial score (nSPS) is 9.96. The van der Waals surface area contributed by atoms with Crippen LogP contribution >= 0.6 is 24.8 Å². The molecule has 0 aliphatic heterocycles. The number of halogens is 3. The van der Waals surface area contributed by atoms with Gasteiger partial charge in [-0.1, -0.05) is 0 Å². The number of fused-ring (bicyclic) bond motifs is 1. The number of carbonyl (C=O) groups excluding carboxylic acids is 1. The number of amides is 1. The smallest absolute Gasteiger partial charge is 0.256 e. The number of likely N-dealkylation sites (N-methyl/N-ethyl adjacent to an activating group) is 2. The summed E-state index contributed by atoms with van der Waals surface area (Å²) in [6.45, 7) is 4.84. The Bertz CT molecular complexity index is 697. The van der Waals surface area contributed by atoms with Crippen molar-refractivity contribution in [3.8, 4) is 0 Å². The van der Waals surface area contributed by atoms with Gasteiger partial charge < -0.3 is 10.2 Å². The van der Waals surface area contributed by atoms with Gasteiger partial charge in [0.05, 0.1) is 22.5 Å². The van der Waals surface area contributed by atoms with E-state index < -0.39 is 5.82 Å². The molecule has 0 unspecified atom stereocenters. The summed E-state index contributed by atoms with van der Waals surface area (Å²) in [6, 6.07) is 2.53. The lowest BCUT2D eigenvalue weighted by Gasteiger charge is -2.18. The molecule has 128 valence electrons. The zero-order chi connectivity index (χ0) is 15.6. The zero-order valence-electron chi connectivity index (χ0n) is 13.5. The zero-order valence-corrected chi connectivity index (χ0v) is 15.1. The minimum atomic E-state index is -0.481. The van der Waals surface area contributed by atoms with Crippen molar-refractivity contribution in [1.29, 1.82) is 0 Å². The van der Waals surface area contributed by atoms with E-state index in [1.807, 2.05) is 20.9 Å². The van der Waals surface area contributed by atoms with Crippen LogP contribution in [0.15, 0.2) is 12.1 Å². The number of aryl methyl sites for hydroxylation is 2. The Morgan fingerprint density at radius 3 is 2.43 bits per heavy atom. The second-order valence-corrected chi connectivity index (χ2v) is 5.05. The molecule has 5 nitrogen and oxygen atoms in total. The fourth-order valence-electron chi connectivity index (χ4n) is 2.05. The molecule has 0 saturated heterocycles. The SMILES string of the molecule is CNCCN(C)C(=O)c1cc(F)cc2nc(C)c(C)nc12.Cl.Cl. The summed E-state index contributed by atoms with van der Waals surface area (Å²) in [7, 11) is 3.50. The fourth-order valence-corrected chi connectivity index (χ4v) is 2.05. The van der Waals surface area contributed by atoms with Crippen molar-refractivity contribution >= 4 is 41.8 Å². The Morgan fingerprint density at radius 1 is 1.22 bits per heavy atom.